The summed E-state index contributed by atoms with van der Waals surface area (Å²) in [4.78, 5) is 43.8. The van der Waals surface area contributed by atoms with Crippen molar-refractivity contribution in [1.82, 2.24) is 19.6 Å². The molecule has 0 radical (unpaired) electrons. The molecule has 1 aromatic heterocycles. The van der Waals surface area contributed by atoms with E-state index in [4.69, 9.17) is 0 Å². The number of para-hydroxylation sites is 1. The molecule has 2 aliphatic heterocycles. The lowest BCUT2D eigenvalue weighted by molar-refractivity contribution is -0.117. The Morgan fingerprint density at radius 2 is 1.97 bits per heavy atom. The Kier molecular flexibility index (Phi) is 5.53. The summed E-state index contributed by atoms with van der Waals surface area (Å²) >= 11 is 0. The third-order valence-electron chi connectivity index (χ3n) is 5.99. The number of aromatic nitrogens is 2. The Morgan fingerprint density at radius 3 is 2.74 bits per heavy atom. The number of nitrogens with zero attached hydrogens (tertiary/aromatic N) is 5. The summed E-state index contributed by atoms with van der Waals surface area (Å²) in [6.07, 6.45) is 2.87. The van der Waals surface area contributed by atoms with Gasteiger partial charge in [0.25, 0.3) is 5.91 Å². The van der Waals surface area contributed by atoms with Crippen LogP contribution in [0.15, 0.2) is 36.5 Å². The van der Waals surface area contributed by atoms with Crippen LogP contribution in [0.5, 0.6) is 0 Å². The second-order valence-electron chi connectivity index (χ2n) is 8.49. The molecule has 31 heavy (non-hydrogen) atoms. The van der Waals surface area contributed by atoms with Gasteiger partial charge in [-0.1, -0.05) is 12.1 Å². The molecule has 3 amide bonds. The van der Waals surface area contributed by atoms with Crippen molar-refractivity contribution in [1.29, 1.82) is 0 Å². The Hall–Kier alpha value is -3.20. The number of nitrogens with one attached hydrogen (secondary N) is 1. The van der Waals surface area contributed by atoms with Gasteiger partial charge in [0.2, 0.25) is 11.8 Å². The molecule has 0 bridgehead atoms. The predicted molar refractivity (Wildman–Crippen MR) is 117 cm³/mol. The van der Waals surface area contributed by atoms with E-state index in [1.54, 1.807) is 32.7 Å². The highest BCUT2D eigenvalue weighted by molar-refractivity contribution is 6.10. The number of amides is 3. The molecular weight excluding hydrogens is 396 g/mol. The molecule has 2 aliphatic rings. The Labute approximate surface area is 181 Å². The van der Waals surface area contributed by atoms with E-state index in [9.17, 15) is 14.4 Å². The van der Waals surface area contributed by atoms with Crippen molar-refractivity contribution in [3.8, 4) is 0 Å². The number of anilines is 2. The summed E-state index contributed by atoms with van der Waals surface area (Å²) in [5.74, 6) is 0.122. The fraction of sp³-hybridized carbons (Fsp3) is 0.455. The van der Waals surface area contributed by atoms with Gasteiger partial charge in [0.15, 0.2) is 5.82 Å². The largest absolute Gasteiger partial charge is 0.315 e. The smallest absolute Gasteiger partial charge is 0.257 e. The van der Waals surface area contributed by atoms with Gasteiger partial charge in [0.1, 0.15) is 5.66 Å². The molecule has 0 saturated carbocycles. The van der Waals surface area contributed by atoms with Gasteiger partial charge in [0, 0.05) is 38.2 Å². The molecule has 1 atom stereocenters. The number of hydrogen-bond acceptors (Lipinski definition) is 5. The lowest BCUT2D eigenvalue weighted by atomic mass is 9.98. The minimum absolute atomic E-state index is 0.000153. The summed E-state index contributed by atoms with van der Waals surface area (Å²) in [6, 6.07) is 8.92. The molecule has 1 aromatic carbocycles. The van der Waals surface area contributed by atoms with Crippen LogP contribution in [-0.2, 0) is 16.1 Å². The van der Waals surface area contributed by atoms with Crippen LogP contribution >= 0.6 is 0 Å². The fourth-order valence-electron chi connectivity index (χ4n) is 4.32. The number of fused-ring (bicyclic) bond motifs is 3. The molecule has 1 unspecified atom stereocenters. The molecule has 1 fully saturated rings. The van der Waals surface area contributed by atoms with Crippen LogP contribution in [-0.4, -0.2) is 70.1 Å². The van der Waals surface area contributed by atoms with E-state index in [1.165, 1.54) is 0 Å². The first-order chi connectivity index (χ1) is 14.8. The molecule has 4 rings (SSSR count). The van der Waals surface area contributed by atoms with Crippen LogP contribution in [0, 0.1) is 0 Å². The second-order valence-corrected chi connectivity index (χ2v) is 8.49. The fourth-order valence-corrected chi connectivity index (χ4v) is 4.32. The molecule has 9 nitrogen and oxygen atoms in total. The van der Waals surface area contributed by atoms with E-state index in [1.807, 2.05) is 39.3 Å². The molecule has 1 N–H and O–H groups in total. The molecule has 3 heterocycles. The zero-order valence-electron chi connectivity index (χ0n) is 18.2. The summed E-state index contributed by atoms with van der Waals surface area (Å²) in [7, 11) is 3.98. The maximum Gasteiger partial charge on any atom is 0.257 e. The summed E-state index contributed by atoms with van der Waals surface area (Å²) in [6.45, 7) is 3.70. The van der Waals surface area contributed by atoms with Crippen molar-refractivity contribution in [3.05, 3.63) is 42.1 Å². The Bertz CT molecular complexity index is 1020. The molecule has 0 aliphatic carbocycles. The van der Waals surface area contributed by atoms with Crippen molar-refractivity contribution < 1.29 is 14.4 Å². The minimum atomic E-state index is -0.753. The third kappa shape index (κ3) is 3.93. The number of benzene rings is 1. The van der Waals surface area contributed by atoms with Crippen molar-refractivity contribution in [3.63, 3.8) is 0 Å². The number of rotatable bonds is 7. The number of hydrogen-bond donors (Lipinski definition) is 1. The third-order valence-corrected chi connectivity index (χ3v) is 5.99. The quantitative estimate of drug-likeness (QED) is 0.732. The SMILES string of the molecule is CN(C)CCn1ccc(NC(=O)CCN2C(=O)c3ccccc3N3C(=O)CCC23C)n1. The second kappa shape index (κ2) is 8.14. The first kappa shape index (κ1) is 21.0. The normalized spacial score (nSPS) is 20.3. The van der Waals surface area contributed by atoms with E-state index in [2.05, 4.69) is 15.3 Å². The highest BCUT2D eigenvalue weighted by Crippen LogP contribution is 2.43. The summed E-state index contributed by atoms with van der Waals surface area (Å²) < 4.78 is 1.78. The minimum Gasteiger partial charge on any atom is -0.315 e. The molecule has 1 saturated heterocycles. The first-order valence-corrected chi connectivity index (χ1v) is 10.5. The van der Waals surface area contributed by atoms with Crippen LogP contribution in [0.4, 0.5) is 11.5 Å². The van der Waals surface area contributed by atoms with Gasteiger partial charge < -0.3 is 15.1 Å². The van der Waals surface area contributed by atoms with Gasteiger partial charge in [-0.3, -0.25) is 24.0 Å². The van der Waals surface area contributed by atoms with Crippen LogP contribution in [0.3, 0.4) is 0 Å². The van der Waals surface area contributed by atoms with Crippen molar-refractivity contribution in [2.45, 2.75) is 38.4 Å². The first-order valence-electron chi connectivity index (χ1n) is 10.5. The Morgan fingerprint density at radius 1 is 1.19 bits per heavy atom. The van der Waals surface area contributed by atoms with Crippen molar-refractivity contribution in [2.24, 2.45) is 0 Å². The van der Waals surface area contributed by atoms with Crippen LogP contribution in [0.2, 0.25) is 0 Å². The zero-order valence-corrected chi connectivity index (χ0v) is 18.2. The monoisotopic (exact) mass is 424 g/mol. The van der Waals surface area contributed by atoms with Gasteiger partial charge in [-0.15, -0.1) is 0 Å². The molecular formula is C22H28N6O3. The van der Waals surface area contributed by atoms with E-state index in [0.29, 0.717) is 29.9 Å². The van der Waals surface area contributed by atoms with Crippen LogP contribution in [0.1, 0.15) is 36.5 Å². The predicted octanol–water partition coefficient (Wildman–Crippen LogP) is 1.77. The van der Waals surface area contributed by atoms with Gasteiger partial charge in [-0.05, 0) is 39.6 Å². The summed E-state index contributed by atoms with van der Waals surface area (Å²) in [5, 5.41) is 7.16. The zero-order chi connectivity index (χ0) is 22.2. The maximum absolute atomic E-state index is 13.2. The van der Waals surface area contributed by atoms with E-state index in [0.717, 1.165) is 13.1 Å². The topological polar surface area (TPSA) is 90.8 Å². The van der Waals surface area contributed by atoms with Gasteiger partial charge in [-0.25, -0.2) is 0 Å². The van der Waals surface area contributed by atoms with Crippen LogP contribution < -0.4 is 10.2 Å². The lowest BCUT2D eigenvalue weighted by Crippen LogP contribution is -2.62. The standard InChI is InChI=1S/C22H28N6O3/c1-22-11-8-20(30)28(22)17-7-5-4-6-16(17)21(31)27(22)13-10-19(29)23-18-9-12-26(24-18)15-14-25(2)3/h4-7,9,12H,8,10-11,13-15H2,1-3H3,(H,23,24,29). The van der Waals surface area contributed by atoms with Crippen LogP contribution in [0.25, 0.3) is 0 Å². The molecule has 9 heteroatoms. The van der Waals surface area contributed by atoms with Gasteiger partial charge in [0.05, 0.1) is 17.8 Å². The number of likely N-dealkylation sites (N-methyl/N-ethyl adjacent to an activating group) is 1. The highest BCUT2D eigenvalue weighted by atomic mass is 16.2. The van der Waals surface area contributed by atoms with Gasteiger partial charge >= 0.3 is 0 Å². The van der Waals surface area contributed by atoms with E-state index < -0.39 is 5.66 Å². The average molecular weight is 425 g/mol. The van der Waals surface area contributed by atoms with Gasteiger partial charge in [-0.2, -0.15) is 5.10 Å². The Balaban J connectivity index is 1.44. The summed E-state index contributed by atoms with van der Waals surface area (Å²) in [5.41, 5.74) is 0.396. The average Bonchev–Trinajstić information content (AvgIpc) is 3.30. The molecule has 2 aromatic rings. The molecule has 0 spiro atoms. The maximum atomic E-state index is 13.2. The van der Waals surface area contributed by atoms with Crippen molar-refractivity contribution in [2.75, 3.05) is 37.4 Å². The van der Waals surface area contributed by atoms with E-state index >= 15 is 0 Å². The molecule has 164 valence electrons. The number of carbonyl (C=O) groups is 3. The lowest BCUT2D eigenvalue weighted by Gasteiger charge is -2.48. The van der Waals surface area contributed by atoms with E-state index in [-0.39, 0.29) is 30.7 Å². The number of carbonyl (C=O) groups excluding carboxylic acids is 3. The highest BCUT2D eigenvalue weighted by Gasteiger charge is 2.52. The van der Waals surface area contributed by atoms with Crippen molar-refractivity contribution >= 4 is 29.2 Å².